The molecule has 0 saturated heterocycles. The highest BCUT2D eigenvalue weighted by Gasteiger charge is 2.23. The maximum atomic E-state index is 11.9. The monoisotopic (exact) mass is 454 g/mol. The average Bonchev–Trinajstić information content (AvgIpc) is 2.58. The molecular formula is C21H24Cl2N2O3S. The SMILES string of the molecule is CC(C)(Cl)OC(=O)/C=C/c1cc(CSC2C=CN=NC2=O)c(C(C)(C)C)cc1Cl. The fourth-order valence-electron chi connectivity index (χ4n) is 2.67. The number of ether oxygens (including phenoxy) is 1. The first-order chi connectivity index (χ1) is 13.4. The third-order valence-corrected chi connectivity index (χ3v) is 5.52. The molecule has 0 fully saturated rings. The fourth-order valence-corrected chi connectivity index (χ4v) is 3.94. The van der Waals surface area contributed by atoms with Crippen LogP contribution in [-0.2, 0) is 25.5 Å². The van der Waals surface area contributed by atoms with E-state index in [0.29, 0.717) is 16.3 Å². The van der Waals surface area contributed by atoms with Crippen molar-refractivity contribution in [2.75, 3.05) is 0 Å². The standard InChI is InChI=1S/C21H24Cl2N2O3S/c1-20(2,3)15-11-16(22)13(6-7-18(26)28-21(4,5)23)10-14(15)12-29-17-8-9-24-25-19(17)27/h6-11,17H,12H2,1-5H3/b7-6+. The van der Waals surface area contributed by atoms with Gasteiger partial charge in [0, 0.05) is 23.1 Å². The Morgan fingerprint density at radius 2 is 1.97 bits per heavy atom. The number of azo groups is 1. The molecule has 0 saturated carbocycles. The molecule has 156 valence electrons. The second-order valence-electron chi connectivity index (χ2n) is 8.03. The Hall–Kier alpha value is -1.63. The molecule has 0 aliphatic carbocycles. The molecule has 5 nitrogen and oxygen atoms in total. The van der Waals surface area contributed by atoms with E-state index in [2.05, 4.69) is 31.0 Å². The molecule has 8 heteroatoms. The van der Waals surface area contributed by atoms with Crippen molar-refractivity contribution in [3.63, 3.8) is 0 Å². The van der Waals surface area contributed by atoms with Crippen molar-refractivity contribution in [2.24, 2.45) is 10.2 Å². The van der Waals surface area contributed by atoms with E-state index in [1.54, 1.807) is 26.0 Å². The van der Waals surface area contributed by atoms with E-state index < -0.39 is 11.0 Å². The third kappa shape index (κ3) is 7.28. The van der Waals surface area contributed by atoms with Gasteiger partial charge in [0.1, 0.15) is 5.25 Å². The summed E-state index contributed by atoms with van der Waals surface area (Å²) in [5, 5.41) is 6.28. The van der Waals surface area contributed by atoms with E-state index in [1.807, 2.05) is 12.1 Å². The van der Waals surface area contributed by atoms with Gasteiger partial charge in [-0.15, -0.1) is 16.9 Å². The van der Waals surface area contributed by atoms with Gasteiger partial charge in [0.15, 0.2) is 5.06 Å². The van der Waals surface area contributed by atoms with Crippen LogP contribution in [0.5, 0.6) is 0 Å². The predicted molar refractivity (Wildman–Crippen MR) is 119 cm³/mol. The van der Waals surface area contributed by atoms with Gasteiger partial charge >= 0.3 is 5.97 Å². The Balaban J connectivity index is 2.29. The minimum atomic E-state index is -1.08. The molecular weight excluding hydrogens is 431 g/mol. The van der Waals surface area contributed by atoms with Gasteiger partial charge in [0.2, 0.25) is 0 Å². The topological polar surface area (TPSA) is 68.1 Å². The van der Waals surface area contributed by atoms with Crippen LogP contribution in [0, 0.1) is 0 Å². The fraction of sp³-hybridized carbons (Fsp3) is 0.429. The first kappa shape index (κ1) is 23.6. The normalized spacial score (nSPS) is 17.2. The van der Waals surface area contributed by atoms with Gasteiger partial charge in [-0.2, -0.15) is 5.11 Å². The number of hydrogen-bond acceptors (Lipinski definition) is 5. The van der Waals surface area contributed by atoms with Gasteiger partial charge in [-0.05, 0) is 60.2 Å². The number of rotatable bonds is 6. The van der Waals surface area contributed by atoms with Crippen LogP contribution in [0.4, 0.5) is 0 Å². The van der Waals surface area contributed by atoms with E-state index in [9.17, 15) is 9.59 Å². The lowest BCUT2D eigenvalue weighted by molar-refractivity contribution is -0.143. The molecule has 2 rings (SSSR count). The van der Waals surface area contributed by atoms with Gasteiger partial charge in [-0.1, -0.05) is 44.0 Å². The molecule has 29 heavy (non-hydrogen) atoms. The van der Waals surface area contributed by atoms with Crippen LogP contribution < -0.4 is 0 Å². The number of amides is 1. The summed E-state index contributed by atoms with van der Waals surface area (Å²) in [4.78, 5) is 23.8. The number of carbonyl (C=O) groups is 2. The maximum Gasteiger partial charge on any atom is 0.332 e. The lowest BCUT2D eigenvalue weighted by Gasteiger charge is -2.24. The number of thioether (sulfide) groups is 1. The summed E-state index contributed by atoms with van der Waals surface area (Å²) in [6.45, 7) is 9.47. The Morgan fingerprint density at radius 1 is 1.28 bits per heavy atom. The number of hydrogen-bond donors (Lipinski definition) is 0. The van der Waals surface area contributed by atoms with E-state index in [-0.39, 0.29) is 16.6 Å². The van der Waals surface area contributed by atoms with Crippen molar-refractivity contribution in [3.8, 4) is 0 Å². The quantitative estimate of drug-likeness (QED) is 0.288. The summed E-state index contributed by atoms with van der Waals surface area (Å²) in [6, 6.07) is 3.84. The maximum absolute atomic E-state index is 11.9. The van der Waals surface area contributed by atoms with Crippen molar-refractivity contribution in [1.29, 1.82) is 0 Å². The zero-order valence-electron chi connectivity index (χ0n) is 17.0. The Morgan fingerprint density at radius 3 is 2.55 bits per heavy atom. The lowest BCUT2D eigenvalue weighted by Crippen LogP contribution is -2.19. The summed E-state index contributed by atoms with van der Waals surface area (Å²) in [6.07, 6.45) is 6.17. The number of alkyl halides is 1. The molecule has 1 aromatic rings. The molecule has 0 bridgehead atoms. The molecule has 1 amide bonds. The van der Waals surface area contributed by atoms with Crippen LogP contribution >= 0.6 is 35.0 Å². The van der Waals surface area contributed by atoms with Gasteiger partial charge in [0.25, 0.3) is 5.91 Å². The molecule has 1 unspecified atom stereocenters. The van der Waals surface area contributed by atoms with Crippen molar-refractivity contribution in [2.45, 2.75) is 56.1 Å². The van der Waals surface area contributed by atoms with Crippen LogP contribution in [0.3, 0.4) is 0 Å². The number of esters is 1. The first-order valence-electron chi connectivity index (χ1n) is 9.02. The lowest BCUT2D eigenvalue weighted by atomic mass is 9.83. The summed E-state index contributed by atoms with van der Waals surface area (Å²) in [7, 11) is 0. The average molecular weight is 455 g/mol. The number of nitrogens with zero attached hydrogens (tertiary/aromatic N) is 2. The molecule has 1 atom stereocenters. The highest BCUT2D eigenvalue weighted by molar-refractivity contribution is 8.00. The van der Waals surface area contributed by atoms with E-state index in [1.165, 1.54) is 24.0 Å². The zero-order valence-corrected chi connectivity index (χ0v) is 19.4. The zero-order chi connectivity index (χ0) is 21.8. The molecule has 0 N–H and O–H groups in total. The van der Waals surface area contributed by atoms with Gasteiger partial charge < -0.3 is 4.74 Å². The Labute approximate surface area is 185 Å². The molecule has 1 aromatic carbocycles. The van der Waals surface area contributed by atoms with Gasteiger partial charge in [0.05, 0.1) is 0 Å². The van der Waals surface area contributed by atoms with Crippen molar-refractivity contribution >= 4 is 52.9 Å². The van der Waals surface area contributed by atoms with E-state index in [4.69, 9.17) is 27.9 Å². The molecule has 0 spiro atoms. The first-order valence-corrected chi connectivity index (χ1v) is 10.8. The highest BCUT2D eigenvalue weighted by Crippen LogP contribution is 2.35. The van der Waals surface area contributed by atoms with E-state index in [0.717, 1.165) is 11.1 Å². The molecule has 1 aliphatic rings. The van der Waals surface area contributed by atoms with Crippen LogP contribution in [-0.4, -0.2) is 22.2 Å². The summed E-state index contributed by atoms with van der Waals surface area (Å²) >= 11 is 13.8. The largest absolute Gasteiger partial charge is 0.441 e. The highest BCUT2D eigenvalue weighted by atomic mass is 35.5. The second-order valence-corrected chi connectivity index (χ2v) is 10.5. The summed E-state index contributed by atoms with van der Waals surface area (Å²) < 4.78 is 5.07. The predicted octanol–water partition coefficient (Wildman–Crippen LogP) is 6.28. The molecule has 0 radical (unpaired) electrons. The second kappa shape index (κ2) is 9.45. The van der Waals surface area contributed by atoms with Gasteiger partial charge in [-0.3, -0.25) is 4.79 Å². The number of benzene rings is 1. The smallest absolute Gasteiger partial charge is 0.332 e. The third-order valence-electron chi connectivity index (χ3n) is 3.92. The minimum Gasteiger partial charge on any atom is -0.441 e. The van der Waals surface area contributed by atoms with Crippen molar-refractivity contribution < 1.29 is 14.3 Å². The summed E-state index contributed by atoms with van der Waals surface area (Å²) in [5.74, 6) is -0.240. The van der Waals surface area contributed by atoms with Crippen molar-refractivity contribution in [1.82, 2.24) is 0 Å². The van der Waals surface area contributed by atoms with Crippen LogP contribution in [0.25, 0.3) is 6.08 Å². The van der Waals surface area contributed by atoms with E-state index >= 15 is 0 Å². The van der Waals surface area contributed by atoms with Crippen LogP contribution in [0.15, 0.2) is 40.7 Å². The van der Waals surface area contributed by atoms with Crippen molar-refractivity contribution in [3.05, 3.63) is 52.2 Å². The minimum absolute atomic E-state index is 0.143. The van der Waals surface area contributed by atoms with Crippen LogP contribution in [0.1, 0.15) is 51.3 Å². The molecule has 1 heterocycles. The Kier molecular flexibility index (Phi) is 7.71. The number of halogens is 2. The van der Waals surface area contributed by atoms with Crippen LogP contribution in [0.2, 0.25) is 5.02 Å². The summed E-state index contributed by atoms with van der Waals surface area (Å²) in [5.41, 5.74) is 2.65. The molecule has 0 aromatic heterocycles. The molecule has 1 aliphatic heterocycles. The number of carbonyl (C=O) groups excluding carboxylic acids is 2. The van der Waals surface area contributed by atoms with Gasteiger partial charge in [-0.25, -0.2) is 4.79 Å². The Bertz CT molecular complexity index is 881.